The summed E-state index contributed by atoms with van der Waals surface area (Å²) in [4.78, 5) is 42.8. The van der Waals surface area contributed by atoms with Gasteiger partial charge in [-0.1, -0.05) is 24.3 Å². The molecule has 0 spiro atoms. The van der Waals surface area contributed by atoms with E-state index in [2.05, 4.69) is 5.32 Å². The highest BCUT2D eigenvalue weighted by atomic mass is 16.5. The number of nitrogens with zero attached hydrogens (tertiary/aromatic N) is 2. The molecule has 8 heteroatoms. The van der Waals surface area contributed by atoms with Crippen molar-refractivity contribution >= 4 is 23.4 Å². The third-order valence-electron chi connectivity index (χ3n) is 6.98. The molecular formula is C29H29N3O5. The minimum atomic E-state index is -0.431. The molecule has 2 aliphatic heterocycles. The van der Waals surface area contributed by atoms with E-state index < -0.39 is 6.04 Å². The molecule has 0 radical (unpaired) electrons. The number of fused-ring (bicyclic) bond motifs is 2. The second kappa shape index (κ2) is 10.3. The largest absolute Gasteiger partial charge is 0.497 e. The van der Waals surface area contributed by atoms with Gasteiger partial charge in [0.1, 0.15) is 17.5 Å². The first kappa shape index (κ1) is 24.4. The summed E-state index contributed by atoms with van der Waals surface area (Å²) in [5.41, 5.74) is 3.39. The van der Waals surface area contributed by atoms with Crippen molar-refractivity contribution in [2.24, 2.45) is 0 Å². The molecular weight excluding hydrogens is 470 g/mol. The third-order valence-corrected chi connectivity index (χ3v) is 6.98. The van der Waals surface area contributed by atoms with E-state index in [-0.39, 0.29) is 17.7 Å². The molecule has 190 valence electrons. The lowest BCUT2D eigenvalue weighted by molar-refractivity contribution is -0.122. The molecule has 3 amide bonds. The van der Waals surface area contributed by atoms with Crippen LogP contribution in [0.15, 0.2) is 66.7 Å². The van der Waals surface area contributed by atoms with Crippen LogP contribution in [0, 0.1) is 0 Å². The number of anilines is 1. The van der Waals surface area contributed by atoms with E-state index in [1.807, 2.05) is 42.5 Å². The van der Waals surface area contributed by atoms with Gasteiger partial charge in [0.15, 0.2) is 0 Å². The summed E-state index contributed by atoms with van der Waals surface area (Å²) in [6.45, 7) is 1.22. The molecule has 8 nitrogen and oxygen atoms in total. The van der Waals surface area contributed by atoms with Gasteiger partial charge in [-0.25, -0.2) is 0 Å². The van der Waals surface area contributed by atoms with Gasteiger partial charge in [0.05, 0.1) is 32.0 Å². The quantitative estimate of drug-likeness (QED) is 0.535. The molecule has 0 bridgehead atoms. The van der Waals surface area contributed by atoms with Gasteiger partial charge in [-0.05, 0) is 54.8 Å². The van der Waals surface area contributed by atoms with E-state index in [1.54, 1.807) is 48.3 Å². The summed E-state index contributed by atoms with van der Waals surface area (Å²) in [5, 5.41) is 2.92. The average molecular weight is 500 g/mol. The molecule has 1 fully saturated rings. The average Bonchev–Trinajstić information content (AvgIpc) is 3.41. The first-order valence-corrected chi connectivity index (χ1v) is 12.3. The maximum atomic E-state index is 13.5. The predicted octanol–water partition coefficient (Wildman–Crippen LogP) is 3.79. The van der Waals surface area contributed by atoms with Crippen LogP contribution in [0.2, 0.25) is 0 Å². The van der Waals surface area contributed by atoms with Crippen molar-refractivity contribution in [1.82, 2.24) is 10.2 Å². The molecule has 1 N–H and O–H groups in total. The minimum Gasteiger partial charge on any atom is -0.497 e. The minimum absolute atomic E-state index is 0.0638. The lowest BCUT2D eigenvalue weighted by Crippen LogP contribution is -2.44. The van der Waals surface area contributed by atoms with Crippen LogP contribution in [0.4, 0.5) is 5.69 Å². The maximum Gasteiger partial charge on any atom is 0.256 e. The number of para-hydroxylation sites is 1. The van der Waals surface area contributed by atoms with Gasteiger partial charge < -0.3 is 24.6 Å². The Kier molecular flexibility index (Phi) is 6.81. The van der Waals surface area contributed by atoms with E-state index in [9.17, 15) is 14.4 Å². The van der Waals surface area contributed by atoms with Crippen LogP contribution in [0.1, 0.15) is 44.7 Å². The summed E-state index contributed by atoms with van der Waals surface area (Å²) in [5.74, 6) is 0.947. The van der Waals surface area contributed by atoms with Gasteiger partial charge in [-0.2, -0.15) is 0 Å². The number of carbonyl (C=O) groups excluding carboxylic acids is 3. The monoisotopic (exact) mass is 499 g/mol. The fourth-order valence-electron chi connectivity index (χ4n) is 4.99. The summed E-state index contributed by atoms with van der Waals surface area (Å²) in [7, 11) is 3.16. The Morgan fingerprint density at radius 2 is 1.78 bits per heavy atom. The smallest absolute Gasteiger partial charge is 0.256 e. The number of ether oxygens (including phenoxy) is 2. The zero-order valence-corrected chi connectivity index (χ0v) is 20.9. The molecule has 2 heterocycles. The SMILES string of the molecule is COc1ccc(CNC(=O)c2ccc(CN3C(=O)C4CCCN4C(=O)c4ccccc43)cc2)c(OC)c1. The van der Waals surface area contributed by atoms with Crippen LogP contribution in [0.5, 0.6) is 11.5 Å². The molecule has 2 aliphatic rings. The standard InChI is InChI=1S/C29H29N3O5/c1-36-22-14-13-21(26(16-22)37-2)17-30-27(33)20-11-9-19(10-12-20)18-32-24-7-4-3-6-23(24)28(34)31-15-5-8-25(31)29(32)35/h3-4,6-7,9-14,16,25H,5,8,15,17-18H2,1-2H3,(H,30,33). The van der Waals surface area contributed by atoms with Gasteiger partial charge in [0, 0.05) is 30.3 Å². The highest BCUT2D eigenvalue weighted by molar-refractivity contribution is 6.11. The molecule has 3 aromatic carbocycles. The number of hydrogen-bond donors (Lipinski definition) is 1. The fraction of sp³-hybridized carbons (Fsp3) is 0.276. The zero-order valence-electron chi connectivity index (χ0n) is 20.9. The Morgan fingerprint density at radius 1 is 1.00 bits per heavy atom. The Bertz CT molecular complexity index is 1340. The van der Waals surface area contributed by atoms with Crippen LogP contribution >= 0.6 is 0 Å². The second-order valence-corrected chi connectivity index (χ2v) is 9.16. The first-order valence-electron chi connectivity index (χ1n) is 12.3. The van der Waals surface area contributed by atoms with E-state index in [0.29, 0.717) is 54.4 Å². The Labute approximate surface area is 215 Å². The van der Waals surface area contributed by atoms with Crippen molar-refractivity contribution in [2.45, 2.75) is 32.0 Å². The summed E-state index contributed by atoms with van der Waals surface area (Å²) in [6.07, 6.45) is 1.50. The maximum absolute atomic E-state index is 13.5. The third kappa shape index (κ3) is 4.74. The topological polar surface area (TPSA) is 88.2 Å². The highest BCUT2D eigenvalue weighted by Crippen LogP contribution is 2.33. The van der Waals surface area contributed by atoms with Crippen LogP contribution in [0.3, 0.4) is 0 Å². The van der Waals surface area contributed by atoms with Crippen molar-refractivity contribution in [1.29, 1.82) is 0 Å². The normalized spacial score (nSPS) is 16.6. The molecule has 1 unspecified atom stereocenters. The number of nitrogens with one attached hydrogen (secondary N) is 1. The molecule has 0 aliphatic carbocycles. The number of benzene rings is 3. The fourth-order valence-corrected chi connectivity index (χ4v) is 4.99. The van der Waals surface area contributed by atoms with Crippen LogP contribution < -0.4 is 19.7 Å². The van der Waals surface area contributed by atoms with Gasteiger partial charge in [0.25, 0.3) is 11.8 Å². The number of amides is 3. The number of methoxy groups -OCH3 is 2. The van der Waals surface area contributed by atoms with Gasteiger partial charge in [-0.15, -0.1) is 0 Å². The van der Waals surface area contributed by atoms with Crippen LogP contribution in [-0.4, -0.2) is 49.4 Å². The van der Waals surface area contributed by atoms with Crippen molar-refractivity contribution in [3.63, 3.8) is 0 Å². The van der Waals surface area contributed by atoms with Crippen molar-refractivity contribution in [2.75, 3.05) is 25.7 Å². The molecule has 0 aromatic heterocycles. The molecule has 3 aromatic rings. The highest BCUT2D eigenvalue weighted by Gasteiger charge is 2.41. The van der Waals surface area contributed by atoms with Gasteiger partial charge in [-0.3, -0.25) is 14.4 Å². The molecule has 37 heavy (non-hydrogen) atoms. The van der Waals surface area contributed by atoms with Crippen molar-refractivity contribution < 1.29 is 23.9 Å². The van der Waals surface area contributed by atoms with E-state index in [1.165, 1.54) is 0 Å². The molecule has 1 atom stereocenters. The van der Waals surface area contributed by atoms with Crippen molar-refractivity contribution in [3.05, 3.63) is 89.0 Å². The molecule has 0 saturated carbocycles. The zero-order chi connectivity index (χ0) is 25.9. The van der Waals surface area contributed by atoms with E-state index in [4.69, 9.17) is 9.47 Å². The lowest BCUT2D eigenvalue weighted by atomic mass is 10.1. The molecule has 1 saturated heterocycles. The van der Waals surface area contributed by atoms with Gasteiger partial charge >= 0.3 is 0 Å². The van der Waals surface area contributed by atoms with Gasteiger partial charge in [0.2, 0.25) is 5.91 Å². The van der Waals surface area contributed by atoms with E-state index >= 15 is 0 Å². The Morgan fingerprint density at radius 3 is 2.54 bits per heavy atom. The number of hydrogen-bond acceptors (Lipinski definition) is 5. The number of rotatable bonds is 7. The number of carbonyl (C=O) groups is 3. The van der Waals surface area contributed by atoms with Crippen LogP contribution in [-0.2, 0) is 17.9 Å². The molecule has 5 rings (SSSR count). The summed E-state index contributed by atoms with van der Waals surface area (Å²) >= 11 is 0. The Balaban J connectivity index is 1.30. The lowest BCUT2D eigenvalue weighted by Gasteiger charge is -2.26. The Hall–Kier alpha value is -4.33. The summed E-state index contributed by atoms with van der Waals surface area (Å²) in [6, 6.07) is 19.5. The van der Waals surface area contributed by atoms with E-state index in [0.717, 1.165) is 17.5 Å². The van der Waals surface area contributed by atoms with Crippen LogP contribution in [0.25, 0.3) is 0 Å². The second-order valence-electron chi connectivity index (χ2n) is 9.16. The first-order chi connectivity index (χ1) is 18.0. The summed E-state index contributed by atoms with van der Waals surface area (Å²) < 4.78 is 10.6. The predicted molar refractivity (Wildman–Crippen MR) is 139 cm³/mol. The van der Waals surface area contributed by atoms with Crippen molar-refractivity contribution in [3.8, 4) is 11.5 Å².